The lowest BCUT2D eigenvalue weighted by atomic mass is 9.67. The maximum Gasteiger partial charge on any atom is 0.218 e. The van der Waals surface area contributed by atoms with E-state index in [-0.39, 0.29) is 5.41 Å². The number of fused-ring (bicyclic) bond motifs is 3. The normalized spacial score (nSPS) is 18.3. The Hall–Kier alpha value is -3.09. The Morgan fingerprint density at radius 2 is 1.54 bits per heavy atom. The van der Waals surface area contributed by atoms with Gasteiger partial charge in [0.15, 0.2) is 24.6 Å². The van der Waals surface area contributed by atoms with E-state index in [1.807, 2.05) is 0 Å². The number of hydrogen-bond acceptors (Lipinski definition) is 0. The third-order valence-electron chi connectivity index (χ3n) is 9.44. The smallest absolute Gasteiger partial charge is 0.194 e. The summed E-state index contributed by atoms with van der Waals surface area (Å²) in [7, 11) is -1.20. The topological polar surface area (TPSA) is 7.76 Å². The van der Waals surface area contributed by atoms with Gasteiger partial charge in [-0.25, -0.2) is 0 Å². The lowest BCUT2D eigenvalue weighted by Gasteiger charge is -2.39. The molecule has 1 aliphatic rings. The summed E-state index contributed by atoms with van der Waals surface area (Å²) in [6.45, 7) is 14.3. The molecular weight excluding hydrogens is 515 g/mol. The highest BCUT2D eigenvalue weighted by molar-refractivity contribution is 7.81. The van der Waals surface area contributed by atoms with Crippen LogP contribution in [0.15, 0.2) is 97.3 Å². The van der Waals surface area contributed by atoms with Crippen molar-refractivity contribution < 1.29 is 9.13 Å². The molecule has 1 aliphatic heterocycles. The predicted molar refractivity (Wildman–Crippen MR) is 178 cm³/mol. The van der Waals surface area contributed by atoms with Crippen molar-refractivity contribution in [2.24, 2.45) is 0 Å². The van der Waals surface area contributed by atoms with Gasteiger partial charge in [-0.2, -0.15) is 9.13 Å². The Labute approximate surface area is 249 Å². The minimum absolute atomic E-state index is 0.113. The minimum atomic E-state index is -1.20. The minimum Gasteiger partial charge on any atom is -0.194 e. The molecule has 0 N–H and O–H groups in total. The number of benzene rings is 2. The molecule has 0 aliphatic carbocycles. The molecule has 2 nitrogen and oxygen atoms in total. The Morgan fingerprint density at radius 1 is 0.805 bits per heavy atom. The van der Waals surface area contributed by atoms with Crippen LogP contribution in [0.4, 0.5) is 0 Å². The molecule has 0 amide bonds. The third kappa shape index (κ3) is 5.56. The third-order valence-corrected chi connectivity index (χ3v) is 12.5. The molecular formula is C38H48N2P+3. The first kappa shape index (κ1) is 29.4. The van der Waals surface area contributed by atoms with Crippen molar-refractivity contribution >= 4 is 18.8 Å². The summed E-state index contributed by atoms with van der Waals surface area (Å²) in [5.41, 5.74) is 7.92. The number of hydrogen-bond donors (Lipinski definition) is 0. The molecule has 4 aromatic rings. The molecule has 41 heavy (non-hydrogen) atoms. The molecule has 0 bridgehead atoms. The van der Waals surface area contributed by atoms with E-state index in [9.17, 15) is 0 Å². The van der Waals surface area contributed by atoms with Crippen molar-refractivity contribution in [3.05, 3.63) is 108 Å². The number of aromatic nitrogens is 2. The molecule has 3 heteroatoms. The van der Waals surface area contributed by atoms with E-state index in [1.54, 1.807) is 5.30 Å². The number of unbranched alkanes of at least 4 members (excludes halogenated alkanes) is 2. The maximum absolute atomic E-state index is 2.57. The van der Waals surface area contributed by atoms with Gasteiger partial charge in [-0.3, -0.25) is 0 Å². The average Bonchev–Trinajstić information content (AvgIpc) is 3.00. The van der Waals surface area contributed by atoms with E-state index in [4.69, 9.17) is 0 Å². The summed E-state index contributed by atoms with van der Waals surface area (Å²) in [4.78, 5) is 0. The predicted octanol–water partition coefficient (Wildman–Crippen LogP) is 8.78. The first-order valence-electron chi connectivity index (χ1n) is 15.6. The van der Waals surface area contributed by atoms with Crippen LogP contribution in [0.1, 0.15) is 70.0 Å². The number of nitrogens with zero attached hydrogens (tertiary/aromatic N) is 2. The first-order valence-corrected chi connectivity index (χ1v) is 18.5. The van der Waals surface area contributed by atoms with E-state index in [2.05, 4.69) is 154 Å². The van der Waals surface area contributed by atoms with E-state index >= 15 is 0 Å². The van der Waals surface area contributed by atoms with Crippen LogP contribution in [0.25, 0.3) is 28.7 Å². The highest BCUT2D eigenvalue weighted by Crippen LogP contribution is 2.53. The average molecular weight is 564 g/mol. The summed E-state index contributed by atoms with van der Waals surface area (Å²) < 4.78 is 4.88. The molecule has 2 aromatic carbocycles. The first-order chi connectivity index (χ1) is 19.9. The number of aryl methyl sites for hydroxylation is 1. The zero-order valence-electron chi connectivity index (χ0n) is 26.0. The van der Waals surface area contributed by atoms with Crippen LogP contribution in [0.2, 0.25) is 0 Å². The zero-order valence-corrected chi connectivity index (χ0v) is 26.9. The van der Waals surface area contributed by atoms with Crippen molar-refractivity contribution in [1.29, 1.82) is 0 Å². The summed E-state index contributed by atoms with van der Waals surface area (Å²) >= 11 is 0. The Kier molecular flexibility index (Phi) is 8.91. The highest BCUT2D eigenvalue weighted by Gasteiger charge is 2.50. The van der Waals surface area contributed by atoms with Crippen LogP contribution in [0.3, 0.4) is 0 Å². The van der Waals surface area contributed by atoms with Crippen molar-refractivity contribution in [1.82, 2.24) is 0 Å². The van der Waals surface area contributed by atoms with Gasteiger partial charge >= 0.3 is 0 Å². The van der Waals surface area contributed by atoms with Crippen LogP contribution in [-0.4, -0.2) is 19.5 Å². The van der Waals surface area contributed by atoms with Gasteiger partial charge in [0, 0.05) is 43.5 Å². The Balaban J connectivity index is 1.66. The number of pyridine rings is 2. The van der Waals surface area contributed by atoms with Crippen LogP contribution in [0.5, 0.6) is 0 Å². The van der Waals surface area contributed by atoms with Gasteiger partial charge in [-0.1, -0.05) is 57.9 Å². The van der Waals surface area contributed by atoms with Crippen molar-refractivity contribution in [3.8, 4) is 22.5 Å². The maximum atomic E-state index is 2.57. The molecule has 2 unspecified atom stereocenters. The Bertz CT molecular complexity index is 1540. The van der Waals surface area contributed by atoms with Crippen molar-refractivity contribution in [3.63, 3.8) is 0 Å². The molecule has 2 aromatic heterocycles. The SMILES string of the molecule is CCCCC[P+](C)(C)c1ccc2c(c1)-c1cccc[n+]1C(CC)C2(C=C[n+]1ccccc1-c1ccccc1C)CC. The molecule has 2 atom stereocenters. The fourth-order valence-electron chi connectivity index (χ4n) is 6.99. The molecule has 3 heterocycles. The second kappa shape index (κ2) is 12.4. The summed E-state index contributed by atoms with van der Waals surface area (Å²) in [6.07, 6.45) is 16.7. The fourth-order valence-corrected chi connectivity index (χ4v) is 9.22. The van der Waals surface area contributed by atoms with Crippen molar-refractivity contribution in [2.75, 3.05) is 19.5 Å². The van der Waals surface area contributed by atoms with Crippen LogP contribution < -0.4 is 14.4 Å². The van der Waals surface area contributed by atoms with Gasteiger partial charge in [0.25, 0.3) is 0 Å². The van der Waals surface area contributed by atoms with Gasteiger partial charge < -0.3 is 0 Å². The van der Waals surface area contributed by atoms with Gasteiger partial charge in [0.1, 0.15) is 0 Å². The van der Waals surface area contributed by atoms with E-state index < -0.39 is 7.26 Å². The standard InChI is InChI=1S/C38H48N2P/c1-7-10-17-28-41(5,6)31-22-23-34-33(29-31)36-21-14-16-26-40(36)37(8-2)38(34,9-3)24-27-39-25-15-13-20-35(39)32-19-12-11-18-30(32)4/h11-16,18-27,29,37H,7-10,17,28H2,1-6H3/q+3. The van der Waals surface area contributed by atoms with Gasteiger partial charge in [-0.15, -0.1) is 0 Å². The van der Waals surface area contributed by atoms with Crippen LogP contribution >= 0.6 is 7.26 Å². The molecule has 212 valence electrons. The molecule has 0 fully saturated rings. The summed E-state index contributed by atoms with van der Waals surface area (Å²) in [5, 5.41) is 1.56. The summed E-state index contributed by atoms with van der Waals surface area (Å²) in [6, 6.07) is 29.8. The lowest BCUT2D eigenvalue weighted by Crippen LogP contribution is -2.55. The van der Waals surface area contributed by atoms with Crippen LogP contribution in [-0.2, 0) is 5.41 Å². The monoisotopic (exact) mass is 563 g/mol. The zero-order chi connectivity index (χ0) is 29.0. The van der Waals surface area contributed by atoms with Crippen molar-refractivity contribution in [2.45, 2.75) is 71.3 Å². The molecule has 0 radical (unpaired) electrons. The molecule has 0 saturated heterocycles. The lowest BCUT2D eigenvalue weighted by molar-refractivity contribution is -0.723. The van der Waals surface area contributed by atoms with Gasteiger partial charge in [0.2, 0.25) is 11.4 Å². The Morgan fingerprint density at radius 3 is 2.27 bits per heavy atom. The number of rotatable bonds is 10. The van der Waals surface area contributed by atoms with E-state index in [1.165, 1.54) is 59.1 Å². The molecule has 0 saturated carbocycles. The molecule has 0 spiro atoms. The van der Waals surface area contributed by atoms with E-state index in [0.717, 1.165) is 12.8 Å². The van der Waals surface area contributed by atoms with Crippen LogP contribution in [0, 0.1) is 6.92 Å². The van der Waals surface area contributed by atoms with E-state index in [0.29, 0.717) is 6.04 Å². The molecule has 5 rings (SSSR count). The highest BCUT2D eigenvalue weighted by atomic mass is 31.2. The fraction of sp³-hybridized carbons (Fsp3) is 0.368. The number of allylic oxidation sites excluding steroid dienone is 1. The van der Waals surface area contributed by atoms with Gasteiger partial charge in [-0.05, 0) is 67.3 Å². The van der Waals surface area contributed by atoms with Gasteiger partial charge in [0.05, 0.1) is 35.8 Å². The largest absolute Gasteiger partial charge is 0.218 e. The quantitative estimate of drug-likeness (QED) is 0.103. The second-order valence-corrected chi connectivity index (χ2v) is 16.6. The summed E-state index contributed by atoms with van der Waals surface area (Å²) in [5.74, 6) is 0. The second-order valence-electron chi connectivity index (χ2n) is 12.3.